The Morgan fingerprint density at radius 1 is 0.900 bits per heavy atom. The number of likely N-dealkylation sites (N-methyl/N-ethyl adjacent to an activating group) is 1. The zero-order valence-electron chi connectivity index (χ0n) is 17.6. The SMILES string of the molecule is C[C@H](CC(=N)Cc1ccccc1)N(C)C(=O)C(N)(c1ccccc1)c1ccccc1. The van der Waals surface area contributed by atoms with Crippen LogP contribution in [0.3, 0.4) is 0 Å². The molecule has 4 nitrogen and oxygen atoms in total. The first-order chi connectivity index (χ1) is 14.4. The average molecular weight is 400 g/mol. The third-order valence-corrected chi connectivity index (χ3v) is 5.58. The summed E-state index contributed by atoms with van der Waals surface area (Å²) in [5.74, 6) is -0.181. The van der Waals surface area contributed by atoms with Gasteiger partial charge in [-0.05, 0) is 23.6 Å². The summed E-state index contributed by atoms with van der Waals surface area (Å²) in [6.07, 6.45) is 1.08. The number of carbonyl (C=O) groups excluding carboxylic acids is 1. The van der Waals surface area contributed by atoms with Crippen molar-refractivity contribution < 1.29 is 4.79 Å². The lowest BCUT2D eigenvalue weighted by atomic mass is 9.82. The quantitative estimate of drug-likeness (QED) is 0.552. The van der Waals surface area contributed by atoms with Crippen LogP contribution in [0.2, 0.25) is 0 Å². The summed E-state index contributed by atoms with van der Waals surface area (Å²) in [5, 5.41) is 8.41. The fourth-order valence-electron chi connectivity index (χ4n) is 3.70. The van der Waals surface area contributed by atoms with Crippen molar-refractivity contribution >= 4 is 11.6 Å². The first-order valence-corrected chi connectivity index (χ1v) is 10.2. The lowest BCUT2D eigenvalue weighted by molar-refractivity contribution is -0.136. The molecule has 0 heterocycles. The molecule has 0 saturated heterocycles. The van der Waals surface area contributed by atoms with Gasteiger partial charge < -0.3 is 16.0 Å². The molecule has 0 aromatic heterocycles. The van der Waals surface area contributed by atoms with Crippen LogP contribution in [0.1, 0.15) is 30.0 Å². The maximum atomic E-state index is 13.7. The van der Waals surface area contributed by atoms with Gasteiger partial charge >= 0.3 is 0 Å². The molecule has 3 rings (SSSR count). The van der Waals surface area contributed by atoms with Crippen molar-refractivity contribution in [3.05, 3.63) is 108 Å². The topological polar surface area (TPSA) is 70.2 Å². The van der Waals surface area contributed by atoms with E-state index in [1.807, 2.05) is 97.9 Å². The zero-order chi connectivity index (χ0) is 21.6. The number of carbonyl (C=O) groups is 1. The third-order valence-electron chi connectivity index (χ3n) is 5.58. The number of nitrogens with zero attached hydrogens (tertiary/aromatic N) is 1. The van der Waals surface area contributed by atoms with E-state index in [0.717, 1.165) is 16.7 Å². The predicted octanol–water partition coefficient (Wildman–Crippen LogP) is 4.39. The molecule has 0 spiro atoms. The van der Waals surface area contributed by atoms with E-state index in [4.69, 9.17) is 11.1 Å². The monoisotopic (exact) mass is 399 g/mol. The predicted molar refractivity (Wildman–Crippen MR) is 123 cm³/mol. The molecule has 0 unspecified atom stereocenters. The highest BCUT2D eigenvalue weighted by Crippen LogP contribution is 2.30. The fourth-order valence-corrected chi connectivity index (χ4v) is 3.70. The van der Waals surface area contributed by atoms with Crippen LogP contribution < -0.4 is 5.73 Å². The molecule has 3 N–H and O–H groups in total. The van der Waals surface area contributed by atoms with Gasteiger partial charge in [0.15, 0.2) is 0 Å². The molecule has 3 aromatic carbocycles. The summed E-state index contributed by atoms with van der Waals surface area (Å²) in [5.41, 5.74) is 8.74. The number of benzene rings is 3. The molecular formula is C26H29N3O. The molecule has 0 aliphatic heterocycles. The van der Waals surface area contributed by atoms with Crippen LogP contribution in [0.25, 0.3) is 0 Å². The Morgan fingerprint density at radius 2 is 1.33 bits per heavy atom. The molecule has 0 fully saturated rings. The second-order valence-corrected chi connectivity index (χ2v) is 7.78. The van der Waals surface area contributed by atoms with E-state index in [2.05, 4.69) is 0 Å². The molecular weight excluding hydrogens is 370 g/mol. The zero-order valence-corrected chi connectivity index (χ0v) is 17.6. The van der Waals surface area contributed by atoms with Gasteiger partial charge in [-0.15, -0.1) is 0 Å². The van der Waals surface area contributed by atoms with E-state index in [1.165, 1.54) is 0 Å². The van der Waals surface area contributed by atoms with Crippen molar-refractivity contribution in [1.29, 1.82) is 5.41 Å². The number of nitrogens with one attached hydrogen (secondary N) is 1. The van der Waals surface area contributed by atoms with Crippen molar-refractivity contribution in [3.63, 3.8) is 0 Å². The minimum absolute atomic E-state index is 0.149. The van der Waals surface area contributed by atoms with E-state index in [1.54, 1.807) is 11.9 Å². The normalized spacial score (nSPS) is 12.2. The molecule has 4 heteroatoms. The minimum atomic E-state index is -1.28. The largest absolute Gasteiger partial charge is 0.340 e. The van der Waals surface area contributed by atoms with Crippen LogP contribution in [0.4, 0.5) is 0 Å². The maximum absolute atomic E-state index is 13.7. The summed E-state index contributed by atoms with van der Waals surface area (Å²) in [6, 6.07) is 28.8. The molecule has 1 amide bonds. The molecule has 0 saturated carbocycles. The number of hydrogen-bond acceptors (Lipinski definition) is 3. The highest BCUT2D eigenvalue weighted by atomic mass is 16.2. The Labute approximate surface area is 178 Å². The molecule has 0 aliphatic rings. The number of rotatable bonds is 8. The van der Waals surface area contributed by atoms with E-state index in [-0.39, 0.29) is 11.9 Å². The van der Waals surface area contributed by atoms with Crippen molar-refractivity contribution in [3.8, 4) is 0 Å². The van der Waals surface area contributed by atoms with Crippen LogP contribution in [-0.2, 0) is 16.8 Å². The van der Waals surface area contributed by atoms with Crippen LogP contribution >= 0.6 is 0 Å². The molecule has 0 aliphatic carbocycles. The van der Waals surface area contributed by atoms with E-state index >= 15 is 0 Å². The highest BCUT2D eigenvalue weighted by molar-refractivity contribution is 5.92. The smallest absolute Gasteiger partial charge is 0.251 e. The minimum Gasteiger partial charge on any atom is -0.340 e. The molecule has 154 valence electrons. The molecule has 30 heavy (non-hydrogen) atoms. The van der Waals surface area contributed by atoms with Gasteiger partial charge in [0.05, 0.1) is 0 Å². The fraction of sp³-hybridized carbons (Fsp3) is 0.231. The van der Waals surface area contributed by atoms with E-state index in [0.29, 0.717) is 18.6 Å². The van der Waals surface area contributed by atoms with Gasteiger partial charge in [-0.3, -0.25) is 4.79 Å². The lowest BCUT2D eigenvalue weighted by Crippen LogP contribution is -2.54. The van der Waals surface area contributed by atoms with Gasteiger partial charge in [-0.1, -0.05) is 91.0 Å². The van der Waals surface area contributed by atoms with Gasteiger partial charge in [0.1, 0.15) is 5.54 Å². The lowest BCUT2D eigenvalue weighted by Gasteiger charge is -2.36. The number of amides is 1. The van der Waals surface area contributed by atoms with Gasteiger partial charge in [-0.25, -0.2) is 0 Å². The molecule has 0 radical (unpaired) electrons. The summed E-state index contributed by atoms with van der Waals surface area (Å²) in [7, 11) is 1.77. The molecule has 3 aromatic rings. The number of nitrogens with two attached hydrogens (primary N) is 1. The van der Waals surface area contributed by atoms with Crippen LogP contribution in [0.15, 0.2) is 91.0 Å². The summed E-state index contributed by atoms with van der Waals surface area (Å²) >= 11 is 0. The Kier molecular flexibility index (Phi) is 6.80. The van der Waals surface area contributed by atoms with Crippen molar-refractivity contribution in [1.82, 2.24) is 4.90 Å². The Bertz CT molecular complexity index is 931. The summed E-state index contributed by atoms with van der Waals surface area (Å²) < 4.78 is 0. The van der Waals surface area contributed by atoms with E-state index in [9.17, 15) is 4.79 Å². The Balaban J connectivity index is 1.81. The average Bonchev–Trinajstić information content (AvgIpc) is 2.79. The first kappa shape index (κ1) is 21.5. The van der Waals surface area contributed by atoms with Crippen LogP contribution in [0.5, 0.6) is 0 Å². The highest BCUT2D eigenvalue weighted by Gasteiger charge is 2.41. The standard InChI is InChI=1S/C26H29N3O/c1-20(18-24(27)19-21-12-6-3-7-13-21)29(2)25(30)26(28,22-14-8-4-9-15-22)23-16-10-5-11-17-23/h3-17,20,27H,18-19,28H2,1-2H3/t20-/m1/s1. The van der Waals surface area contributed by atoms with Crippen molar-refractivity contribution in [2.75, 3.05) is 7.05 Å². The first-order valence-electron chi connectivity index (χ1n) is 10.2. The molecule has 0 bridgehead atoms. The Hall–Kier alpha value is -3.24. The Morgan fingerprint density at radius 3 is 1.80 bits per heavy atom. The second-order valence-electron chi connectivity index (χ2n) is 7.78. The van der Waals surface area contributed by atoms with Crippen LogP contribution in [0, 0.1) is 5.41 Å². The van der Waals surface area contributed by atoms with Crippen LogP contribution in [-0.4, -0.2) is 29.6 Å². The van der Waals surface area contributed by atoms with Gasteiger partial charge in [0.2, 0.25) is 0 Å². The van der Waals surface area contributed by atoms with E-state index < -0.39 is 5.54 Å². The molecule has 1 atom stereocenters. The van der Waals surface area contributed by atoms with Gasteiger partial charge in [-0.2, -0.15) is 0 Å². The number of hydrogen-bond donors (Lipinski definition) is 2. The van der Waals surface area contributed by atoms with Crippen molar-refractivity contribution in [2.45, 2.75) is 31.3 Å². The second kappa shape index (κ2) is 9.51. The van der Waals surface area contributed by atoms with Gasteiger partial charge in [0.25, 0.3) is 5.91 Å². The van der Waals surface area contributed by atoms with Gasteiger partial charge in [0, 0.05) is 31.6 Å². The third kappa shape index (κ3) is 4.66. The summed E-state index contributed by atoms with van der Waals surface area (Å²) in [6.45, 7) is 1.97. The maximum Gasteiger partial charge on any atom is 0.251 e. The summed E-state index contributed by atoms with van der Waals surface area (Å²) in [4.78, 5) is 15.4. The van der Waals surface area contributed by atoms with Crippen molar-refractivity contribution in [2.24, 2.45) is 5.73 Å².